The lowest BCUT2D eigenvalue weighted by molar-refractivity contribution is 0.196. The second-order valence-electron chi connectivity index (χ2n) is 3.66. The maximum absolute atomic E-state index is 5.01. The lowest BCUT2D eigenvalue weighted by atomic mass is 10.4. The molecule has 1 rings (SSSR count). The summed E-state index contributed by atoms with van der Waals surface area (Å²) in [4.78, 5) is 10.8. The van der Waals surface area contributed by atoms with Gasteiger partial charge in [0.1, 0.15) is 5.82 Å². The maximum atomic E-state index is 5.01. The normalized spacial score (nSPS) is 10.4. The maximum Gasteiger partial charge on any atom is 0.146 e. The van der Waals surface area contributed by atoms with Crippen LogP contribution in [0.4, 0.5) is 5.82 Å². The lowest BCUT2D eigenvalue weighted by Gasteiger charge is -2.17. The van der Waals surface area contributed by atoms with Gasteiger partial charge in [0.2, 0.25) is 0 Å². The van der Waals surface area contributed by atoms with Crippen molar-refractivity contribution < 1.29 is 4.74 Å². The Morgan fingerprint density at radius 2 is 2.19 bits per heavy atom. The van der Waals surface area contributed by atoms with Crippen LogP contribution in [0.15, 0.2) is 12.4 Å². The Morgan fingerprint density at radius 3 is 2.75 bits per heavy atom. The first-order chi connectivity index (χ1) is 7.77. The van der Waals surface area contributed by atoms with Crippen LogP contribution in [0.2, 0.25) is 0 Å². The summed E-state index contributed by atoms with van der Waals surface area (Å²) in [6.07, 6.45) is 4.60. The van der Waals surface area contributed by atoms with Crippen LogP contribution < -0.4 is 10.2 Å². The van der Waals surface area contributed by atoms with Gasteiger partial charge in [-0.1, -0.05) is 0 Å². The van der Waals surface area contributed by atoms with Gasteiger partial charge in [0.05, 0.1) is 18.1 Å². The summed E-state index contributed by atoms with van der Waals surface area (Å²) >= 11 is 0. The summed E-state index contributed by atoms with van der Waals surface area (Å²) < 4.78 is 5.01. The highest BCUT2D eigenvalue weighted by atomic mass is 16.5. The molecule has 0 saturated carbocycles. The van der Waals surface area contributed by atoms with Gasteiger partial charge in [0.25, 0.3) is 0 Å². The lowest BCUT2D eigenvalue weighted by Crippen LogP contribution is -2.21. The molecule has 1 N–H and O–H groups in total. The van der Waals surface area contributed by atoms with E-state index in [4.69, 9.17) is 4.74 Å². The second kappa shape index (κ2) is 7.14. The molecule has 1 heterocycles. The van der Waals surface area contributed by atoms with Gasteiger partial charge in [-0.05, 0) is 13.5 Å². The van der Waals surface area contributed by atoms with Gasteiger partial charge in [-0.15, -0.1) is 0 Å². The minimum Gasteiger partial charge on any atom is -0.385 e. The first kappa shape index (κ1) is 12.9. The molecular weight excluding hydrogens is 204 g/mol. The molecule has 1 aromatic heterocycles. The van der Waals surface area contributed by atoms with Gasteiger partial charge in [-0.2, -0.15) is 0 Å². The topological polar surface area (TPSA) is 50.3 Å². The van der Waals surface area contributed by atoms with Crippen LogP contribution in [0.25, 0.3) is 0 Å². The second-order valence-corrected chi connectivity index (χ2v) is 3.66. The average molecular weight is 224 g/mol. The van der Waals surface area contributed by atoms with Crippen LogP contribution in [0.5, 0.6) is 0 Å². The smallest absolute Gasteiger partial charge is 0.146 e. The van der Waals surface area contributed by atoms with E-state index in [0.717, 1.165) is 37.6 Å². The van der Waals surface area contributed by atoms with Crippen molar-refractivity contribution in [3.8, 4) is 0 Å². The zero-order valence-electron chi connectivity index (χ0n) is 10.2. The van der Waals surface area contributed by atoms with E-state index >= 15 is 0 Å². The molecular formula is C11H20N4O. The number of aromatic nitrogens is 2. The van der Waals surface area contributed by atoms with Crippen LogP contribution in [-0.2, 0) is 11.3 Å². The van der Waals surface area contributed by atoms with Crippen molar-refractivity contribution in [2.45, 2.75) is 13.0 Å². The number of ether oxygens (including phenoxy) is 1. The molecule has 0 aliphatic rings. The van der Waals surface area contributed by atoms with E-state index in [1.165, 1.54) is 0 Å². The van der Waals surface area contributed by atoms with Crippen LogP contribution >= 0.6 is 0 Å². The first-order valence-corrected chi connectivity index (χ1v) is 5.43. The molecule has 0 fully saturated rings. The molecule has 0 aliphatic heterocycles. The molecule has 0 unspecified atom stereocenters. The molecule has 0 bridgehead atoms. The molecule has 0 saturated heterocycles. The van der Waals surface area contributed by atoms with Crippen molar-refractivity contribution in [2.75, 3.05) is 39.3 Å². The molecule has 0 aliphatic carbocycles. The third-order valence-electron chi connectivity index (χ3n) is 2.28. The molecule has 16 heavy (non-hydrogen) atoms. The Bertz CT molecular complexity index is 289. The molecule has 5 nitrogen and oxygen atoms in total. The Labute approximate surface area is 96.8 Å². The summed E-state index contributed by atoms with van der Waals surface area (Å²) in [5.41, 5.74) is 0.955. The van der Waals surface area contributed by atoms with Crippen LogP contribution in [0.3, 0.4) is 0 Å². The monoisotopic (exact) mass is 224 g/mol. The zero-order chi connectivity index (χ0) is 11.8. The van der Waals surface area contributed by atoms with Gasteiger partial charge in [-0.3, -0.25) is 4.98 Å². The SMILES string of the molecule is CNCc1cnc(N(C)CCCOC)cn1. The van der Waals surface area contributed by atoms with Gasteiger partial charge in [0, 0.05) is 33.9 Å². The number of methoxy groups -OCH3 is 1. The Hall–Kier alpha value is -1.20. The van der Waals surface area contributed by atoms with Crippen LogP contribution in [0.1, 0.15) is 12.1 Å². The third-order valence-corrected chi connectivity index (χ3v) is 2.28. The number of anilines is 1. The van der Waals surface area contributed by atoms with Gasteiger partial charge >= 0.3 is 0 Å². The quantitative estimate of drug-likeness (QED) is 0.690. The Balaban J connectivity index is 2.46. The summed E-state index contributed by atoms with van der Waals surface area (Å²) in [6.45, 7) is 2.45. The van der Waals surface area contributed by atoms with Gasteiger partial charge in [-0.25, -0.2) is 4.98 Å². The van der Waals surface area contributed by atoms with E-state index in [0.29, 0.717) is 0 Å². The number of hydrogen-bond acceptors (Lipinski definition) is 5. The van der Waals surface area contributed by atoms with E-state index in [9.17, 15) is 0 Å². The van der Waals surface area contributed by atoms with E-state index in [-0.39, 0.29) is 0 Å². The van der Waals surface area contributed by atoms with Crippen molar-refractivity contribution in [2.24, 2.45) is 0 Å². The van der Waals surface area contributed by atoms with Gasteiger partial charge < -0.3 is 15.0 Å². The highest BCUT2D eigenvalue weighted by Crippen LogP contribution is 2.06. The van der Waals surface area contributed by atoms with Crippen molar-refractivity contribution in [1.29, 1.82) is 0 Å². The van der Waals surface area contributed by atoms with E-state index in [1.54, 1.807) is 19.5 Å². The number of hydrogen-bond donors (Lipinski definition) is 1. The highest BCUT2D eigenvalue weighted by molar-refractivity contribution is 5.34. The van der Waals surface area contributed by atoms with E-state index in [2.05, 4.69) is 20.2 Å². The van der Waals surface area contributed by atoms with Crippen molar-refractivity contribution in [3.63, 3.8) is 0 Å². The highest BCUT2D eigenvalue weighted by Gasteiger charge is 2.02. The minimum atomic E-state index is 0.751. The first-order valence-electron chi connectivity index (χ1n) is 5.43. The third kappa shape index (κ3) is 4.12. The molecule has 0 aromatic carbocycles. The molecule has 0 spiro atoms. The van der Waals surface area contributed by atoms with Gasteiger partial charge in [0.15, 0.2) is 0 Å². The number of nitrogens with zero attached hydrogens (tertiary/aromatic N) is 3. The number of nitrogens with one attached hydrogen (secondary N) is 1. The largest absolute Gasteiger partial charge is 0.385 e. The van der Waals surface area contributed by atoms with E-state index < -0.39 is 0 Å². The molecule has 0 amide bonds. The molecule has 5 heteroatoms. The summed E-state index contributed by atoms with van der Waals surface area (Å²) in [5, 5.41) is 3.04. The van der Waals surface area contributed by atoms with Crippen LogP contribution in [0, 0.1) is 0 Å². The predicted molar refractivity (Wildman–Crippen MR) is 64.6 cm³/mol. The Morgan fingerprint density at radius 1 is 1.38 bits per heavy atom. The molecule has 90 valence electrons. The molecule has 0 atom stereocenters. The fourth-order valence-corrected chi connectivity index (χ4v) is 1.38. The molecule has 0 radical (unpaired) electrons. The van der Waals surface area contributed by atoms with Crippen molar-refractivity contribution >= 4 is 5.82 Å². The fourth-order valence-electron chi connectivity index (χ4n) is 1.38. The van der Waals surface area contributed by atoms with Crippen molar-refractivity contribution in [1.82, 2.24) is 15.3 Å². The molecule has 1 aromatic rings. The summed E-state index contributed by atoms with van der Waals surface area (Å²) in [5.74, 6) is 0.899. The summed E-state index contributed by atoms with van der Waals surface area (Å²) in [7, 11) is 5.62. The zero-order valence-corrected chi connectivity index (χ0v) is 10.2. The van der Waals surface area contributed by atoms with Crippen LogP contribution in [-0.4, -0.2) is 44.3 Å². The fraction of sp³-hybridized carbons (Fsp3) is 0.636. The summed E-state index contributed by atoms with van der Waals surface area (Å²) in [6, 6.07) is 0. The van der Waals surface area contributed by atoms with E-state index in [1.807, 2.05) is 14.1 Å². The average Bonchev–Trinajstić information content (AvgIpc) is 2.30. The predicted octanol–water partition coefficient (Wildman–Crippen LogP) is 0.669. The standard InChI is InChI=1S/C11H20N4O/c1-12-7-10-8-14-11(9-13-10)15(2)5-4-6-16-3/h8-9,12H,4-7H2,1-3H3. The Kier molecular flexibility index (Phi) is 5.74. The minimum absolute atomic E-state index is 0.751. The van der Waals surface area contributed by atoms with Crippen molar-refractivity contribution in [3.05, 3.63) is 18.1 Å². The number of rotatable bonds is 7.